The van der Waals surface area contributed by atoms with Crippen LogP contribution in [0.15, 0.2) is 0 Å². The van der Waals surface area contributed by atoms with Crippen LogP contribution < -0.4 is 5.32 Å². The Morgan fingerprint density at radius 3 is 2.54 bits per heavy atom. The highest BCUT2D eigenvalue weighted by molar-refractivity contribution is 4.81. The van der Waals surface area contributed by atoms with E-state index in [9.17, 15) is 0 Å². The van der Waals surface area contributed by atoms with Gasteiger partial charge in [0.25, 0.3) is 0 Å². The van der Waals surface area contributed by atoms with Crippen LogP contribution in [0.3, 0.4) is 0 Å². The Labute approximate surface area is 82.7 Å². The molecule has 2 nitrogen and oxygen atoms in total. The molecule has 1 rings (SSSR count). The third kappa shape index (κ3) is 4.10. The second kappa shape index (κ2) is 4.97. The van der Waals surface area contributed by atoms with Crippen molar-refractivity contribution in [2.45, 2.75) is 45.7 Å². The van der Waals surface area contributed by atoms with E-state index in [0.717, 1.165) is 12.0 Å². The summed E-state index contributed by atoms with van der Waals surface area (Å²) in [4.78, 5) is 2.40. The maximum atomic E-state index is 3.70. The van der Waals surface area contributed by atoms with Crippen molar-refractivity contribution < 1.29 is 0 Å². The summed E-state index contributed by atoms with van der Waals surface area (Å²) in [6.45, 7) is 9.37. The SMILES string of the molecule is CC(C)CC(C)NC1CCN(C)C1. The molecule has 78 valence electrons. The Bertz CT molecular complexity index is 145. The van der Waals surface area contributed by atoms with Crippen LogP contribution in [0.25, 0.3) is 0 Å². The maximum absolute atomic E-state index is 3.70. The third-order valence-corrected chi connectivity index (χ3v) is 2.74. The topological polar surface area (TPSA) is 15.3 Å². The molecule has 0 aromatic carbocycles. The minimum Gasteiger partial charge on any atom is -0.310 e. The van der Waals surface area contributed by atoms with Gasteiger partial charge in [0, 0.05) is 18.6 Å². The Kier molecular flexibility index (Phi) is 4.20. The summed E-state index contributed by atoms with van der Waals surface area (Å²) in [6, 6.07) is 1.41. The van der Waals surface area contributed by atoms with Crippen molar-refractivity contribution in [3.63, 3.8) is 0 Å². The molecule has 2 atom stereocenters. The van der Waals surface area contributed by atoms with Gasteiger partial charge in [-0.1, -0.05) is 13.8 Å². The summed E-state index contributed by atoms with van der Waals surface area (Å²) in [5.74, 6) is 0.807. The molecular formula is C11H24N2. The van der Waals surface area contributed by atoms with Gasteiger partial charge in [0.1, 0.15) is 0 Å². The molecule has 1 aliphatic heterocycles. The quantitative estimate of drug-likeness (QED) is 0.715. The van der Waals surface area contributed by atoms with Gasteiger partial charge < -0.3 is 10.2 Å². The van der Waals surface area contributed by atoms with Crippen LogP contribution in [-0.4, -0.2) is 37.1 Å². The van der Waals surface area contributed by atoms with Crippen LogP contribution in [0.4, 0.5) is 0 Å². The van der Waals surface area contributed by atoms with Crippen molar-refractivity contribution in [3.8, 4) is 0 Å². The van der Waals surface area contributed by atoms with Crippen molar-refractivity contribution in [3.05, 3.63) is 0 Å². The Morgan fingerprint density at radius 2 is 2.08 bits per heavy atom. The van der Waals surface area contributed by atoms with Crippen LogP contribution in [-0.2, 0) is 0 Å². The van der Waals surface area contributed by atoms with E-state index in [1.807, 2.05) is 0 Å². The summed E-state index contributed by atoms with van der Waals surface area (Å²) in [6.07, 6.45) is 2.61. The predicted molar refractivity (Wildman–Crippen MR) is 58.0 cm³/mol. The van der Waals surface area contributed by atoms with E-state index in [0.29, 0.717) is 6.04 Å². The molecule has 13 heavy (non-hydrogen) atoms. The highest BCUT2D eigenvalue weighted by atomic mass is 15.2. The monoisotopic (exact) mass is 184 g/mol. The van der Waals surface area contributed by atoms with E-state index < -0.39 is 0 Å². The Balaban J connectivity index is 2.16. The highest BCUT2D eigenvalue weighted by Crippen LogP contribution is 2.10. The third-order valence-electron chi connectivity index (χ3n) is 2.74. The number of nitrogens with zero attached hydrogens (tertiary/aromatic N) is 1. The summed E-state index contributed by atoms with van der Waals surface area (Å²) >= 11 is 0. The normalized spacial score (nSPS) is 27.0. The molecule has 1 heterocycles. The van der Waals surface area contributed by atoms with Gasteiger partial charge in [0.2, 0.25) is 0 Å². The number of hydrogen-bond donors (Lipinski definition) is 1. The fraction of sp³-hybridized carbons (Fsp3) is 1.00. The zero-order valence-corrected chi connectivity index (χ0v) is 9.51. The molecule has 0 aliphatic carbocycles. The van der Waals surface area contributed by atoms with Crippen molar-refractivity contribution in [2.24, 2.45) is 5.92 Å². The maximum Gasteiger partial charge on any atom is 0.0209 e. The summed E-state index contributed by atoms with van der Waals surface area (Å²) < 4.78 is 0. The molecule has 0 spiro atoms. The molecule has 0 amide bonds. The minimum atomic E-state index is 0.677. The van der Waals surface area contributed by atoms with E-state index >= 15 is 0 Å². The lowest BCUT2D eigenvalue weighted by molar-refractivity contribution is 0.365. The zero-order valence-electron chi connectivity index (χ0n) is 9.51. The first-order valence-electron chi connectivity index (χ1n) is 5.52. The van der Waals surface area contributed by atoms with E-state index in [1.165, 1.54) is 25.9 Å². The molecule has 1 aliphatic rings. The minimum absolute atomic E-state index is 0.677. The lowest BCUT2D eigenvalue weighted by Gasteiger charge is -2.20. The van der Waals surface area contributed by atoms with Gasteiger partial charge in [-0.15, -0.1) is 0 Å². The first-order chi connectivity index (χ1) is 6.08. The Morgan fingerprint density at radius 1 is 1.38 bits per heavy atom. The van der Waals surface area contributed by atoms with Crippen LogP contribution in [0.5, 0.6) is 0 Å². The molecule has 1 N–H and O–H groups in total. The van der Waals surface area contributed by atoms with Crippen molar-refractivity contribution in [2.75, 3.05) is 20.1 Å². The average molecular weight is 184 g/mol. The van der Waals surface area contributed by atoms with E-state index in [-0.39, 0.29) is 0 Å². The number of nitrogens with one attached hydrogen (secondary N) is 1. The zero-order chi connectivity index (χ0) is 9.84. The summed E-state index contributed by atoms with van der Waals surface area (Å²) in [5.41, 5.74) is 0. The van der Waals surface area contributed by atoms with E-state index in [2.05, 4.69) is 38.0 Å². The van der Waals surface area contributed by atoms with Gasteiger partial charge in [0.05, 0.1) is 0 Å². The molecular weight excluding hydrogens is 160 g/mol. The summed E-state index contributed by atoms with van der Waals surface area (Å²) in [5, 5.41) is 3.70. The van der Waals surface area contributed by atoms with Crippen LogP contribution in [0.2, 0.25) is 0 Å². The van der Waals surface area contributed by atoms with Crippen LogP contribution in [0, 0.1) is 5.92 Å². The molecule has 0 bridgehead atoms. The lowest BCUT2D eigenvalue weighted by Crippen LogP contribution is -2.38. The second-order valence-electron chi connectivity index (χ2n) is 4.95. The molecule has 1 fully saturated rings. The molecule has 2 heteroatoms. The highest BCUT2D eigenvalue weighted by Gasteiger charge is 2.20. The molecule has 0 aromatic rings. The molecule has 0 aromatic heterocycles. The van der Waals surface area contributed by atoms with Gasteiger partial charge in [0.15, 0.2) is 0 Å². The fourth-order valence-electron chi connectivity index (χ4n) is 2.25. The number of rotatable bonds is 4. The first kappa shape index (κ1) is 11.0. The van der Waals surface area contributed by atoms with E-state index in [4.69, 9.17) is 0 Å². The van der Waals surface area contributed by atoms with Gasteiger partial charge in [-0.05, 0) is 39.3 Å². The van der Waals surface area contributed by atoms with E-state index in [1.54, 1.807) is 0 Å². The Hall–Kier alpha value is -0.0800. The second-order valence-corrected chi connectivity index (χ2v) is 4.95. The molecule has 0 radical (unpaired) electrons. The average Bonchev–Trinajstić information content (AvgIpc) is 2.33. The molecule has 1 saturated heterocycles. The number of likely N-dealkylation sites (tertiary alicyclic amines) is 1. The molecule has 2 unspecified atom stereocenters. The van der Waals surface area contributed by atoms with Gasteiger partial charge in [-0.25, -0.2) is 0 Å². The van der Waals surface area contributed by atoms with Crippen molar-refractivity contribution in [1.29, 1.82) is 0 Å². The number of likely N-dealkylation sites (N-methyl/N-ethyl adjacent to an activating group) is 1. The largest absolute Gasteiger partial charge is 0.310 e. The van der Waals surface area contributed by atoms with Gasteiger partial charge in [-0.2, -0.15) is 0 Å². The standard InChI is InChI=1S/C11H24N2/c1-9(2)7-10(3)12-11-5-6-13(4)8-11/h9-12H,5-8H2,1-4H3. The lowest BCUT2D eigenvalue weighted by atomic mass is 10.0. The smallest absolute Gasteiger partial charge is 0.0209 e. The number of hydrogen-bond acceptors (Lipinski definition) is 2. The summed E-state index contributed by atoms with van der Waals surface area (Å²) in [7, 11) is 2.20. The van der Waals surface area contributed by atoms with Crippen molar-refractivity contribution >= 4 is 0 Å². The van der Waals surface area contributed by atoms with Crippen molar-refractivity contribution in [1.82, 2.24) is 10.2 Å². The first-order valence-corrected chi connectivity index (χ1v) is 5.52. The predicted octanol–water partition coefficient (Wildman–Crippen LogP) is 1.71. The van der Waals surface area contributed by atoms with Gasteiger partial charge in [-0.3, -0.25) is 0 Å². The fourth-order valence-corrected chi connectivity index (χ4v) is 2.25. The van der Waals surface area contributed by atoms with Crippen LogP contribution >= 0.6 is 0 Å². The molecule has 0 saturated carbocycles. The van der Waals surface area contributed by atoms with Gasteiger partial charge >= 0.3 is 0 Å². The van der Waals surface area contributed by atoms with Crippen LogP contribution in [0.1, 0.15) is 33.6 Å².